The van der Waals surface area contributed by atoms with Crippen molar-refractivity contribution in [2.75, 3.05) is 19.0 Å². The van der Waals surface area contributed by atoms with Crippen molar-refractivity contribution in [3.8, 4) is 0 Å². The highest BCUT2D eigenvalue weighted by atomic mass is 79.9. The van der Waals surface area contributed by atoms with Crippen molar-refractivity contribution in [1.82, 2.24) is 9.97 Å². The summed E-state index contributed by atoms with van der Waals surface area (Å²) in [6.45, 7) is 4.89. The Hall–Kier alpha value is -0.680. The fourth-order valence-electron chi connectivity index (χ4n) is 3.11. The molecule has 21 heavy (non-hydrogen) atoms. The first-order valence-corrected chi connectivity index (χ1v) is 8.84. The topological polar surface area (TPSA) is 47.0 Å². The SMILES string of the molecule is CCOC1(c2nc(CC)c(Br)c(NC)n2)CCCCCC1. The molecule has 0 amide bonds. The molecule has 1 fully saturated rings. The van der Waals surface area contributed by atoms with Crippen molar-refractivity contribution < 1.29 is 4.74 Å². The maximum Gasteiger partial charge on any atom is 0.162 e. The van der Waals surface area contributed by atoms with Crippen molar-refractivity contribution in [2.24, 2.45) is 0 Å². The van der Waals surface area contributed by atoms with Crippen LogP contribution in [0.3, 0.4) is 0 Å². The number of hydrogen-bond donors (Lipinski definition) is 1. The summed E-state index contributed by atoms with van der Waals surface area (Å²) in [7, 11) is 1.90. The molecule has 1 heterocycles. The largest absolute Gasteiger partial charge is 0.372 e. The van der Waals surface area contributed by atoms with Gasteiger partial charge in [-0.3, -0.25) is 0 Å². The molecule has 0 aliphatic heterocycles. The summed E-state index contributed by atoms with van der Waals surface area (Å²) in [5.41, 5.74) is 0.745. The standard InChI is InChI=1S/C16H26BrN3O/c1-4-12-13(17)14(18-3)20-15(19-12)16(21-5-2)10-8-6-7-9-11-16/h4-11H2,1-3H3,(H,18,19,20). The molecule has 0 spiro atoms. The van der Waals surface area contributed by atoms with Crippen LogP contribution >= 0.6 is 15.9 Å². The minimum atomic E-state index is -0.304. The fraction of sp³-hybridized carbons (Fsp3) is 0.750. The molecule has 1 aliphatic rings. The molecule has 0 radical (unpaired) electrons. The Kier molecular flexibility index (Phi) is 5.99. The van der Waals surface area contributed by atoms with Gasteiger partial charge in [0.15, 0.2) is 5.82 Å². The predicted octanol–water partition coefficient (Wildman–Crippen LogP) is 4.43. The highest BCUT2D eigenvalue weighted by Gasteiger charge is 2.37. The smallest absolute Gasteiger partial charge is 0.162 e. The average molecular weight is 356 g/mol. The summed E-state index contributed by atoms with van der Waals surface area (Å²) < 4.78 is 7.18. The lowest BCUT2D eigenvalue weighted by atomic mass is 9.92. The molecule has 4 nitrogen and oxygen atoms in total. The van der Waals surface area contributed by atoms with Gasteiger partial charge in [-0.05, 0) is 42.1 Å². The van der Waals surface area contributed by atoms with E-state index in [0.29, 0.717) is 6.61 Å². The normalized spacial score (nSPS) is 18.3. The van der Waals surface area contributed by atoms with E-state index in [-0.39, 0.29) is 5.60 Å². The van der Waals surface area contributed by atoms with Crippen molar-refractivity contribution in [3.63, 3.8) is 0 Å². The molecule has 5 heteroatoms. The van der Waals surface area contributed by atoms with E-state index in [9.17, 15) is 0 Å². The molecular formula is C16H26BrN3O. The summed E-state index contributed by atoms with van der Waals surface area (Å²) >= 11 is 3.60. The van der Waals surface area contributed by atoms with Crippen molar-refractivity contribution in [2.45, 2.75) is 64.4 Å². The Bertz CT molecular complexity index is 446. The Labute approximate surface area is 136 Å². The molecule has 0 atom stereocenters. The Morgan fingerprint density at radius 2 is 1.81 bits per heavy atom. The first-order valence-electron chi connectivity index (χ1n) is 8.05. The minimum absolute atomic E-state index is 0.304. The summed E-state index contributed by atoms with van der Waals surface area (Å²) in [6, 6.07) is 0. The van der Waals surface area contributed by atoms with E-state index < -0.39 is 0 Å². The van der Waals surface area contributed by atoms with Crippen molar-refractivity contribution in [1.29, 1.82) is 0 Å². The van der Waals surface area contributed by atoms with Gasteiger partial charge in [-0.2, -0.15) is 0 Å². The lowest BCUT2D eigenvalue weighted by Crippen LogP contribution is -2.32. The molecule has 0 unspecified atom stereocenters. The van der Waals surface area contributed by atoms with Crippen LogP contribution in [0.4, 0.5) is 5.82 Å². The molecule has 1 aromatic heterocycles. The van der Waals surface area contributed by atoms with Crippen LogP contribution in [-0.2, 0) is 16.8 Å². The van der Waals surface area contributed by atoms with Gasteiger partial charge in [0.25, 0.3) is 0 Å². The molecule has 1 N–H and O–H groups in total. The maximum atomic E-state index is 6.21. The molecule has 1 aliphatic carbocycles. The third-order valence-corrected chi connectivity index (χ3v) is 5.06. The van der Waals surface area contributed by atoms with Crippen LogP contribution in [0.2, 0.25) is 0 Å². The highest BCUT2D eigenvalue weighted by Crippen LogP contribution is 2.39. The van der Waals surface area contributed by atoms with Crippen molar-refractivity contribution in [3.05, 3.63) is 16.0 Å². The zero-order valence-electron chi connectivity index (χ0n) is 13.3. The number of ether oxygens (including phenoxy) is 1. The molecule has 2 rings (SSSR count). The van der Waals surface area contributed by atoms with Crippen LogP contribution in [0.1, 0.15) is 63.9 Å². The number of anilines is 1. The number of nitrogens with zero attached hydrogens (tertiary/aromatic N) is 2. The van der Waals surface area contributed by atoms with Gasteiger partial charge >= 0.3 is 0 Å². The first kappa shape index (κ1) is 16.7. The van der Waals surface area contributed by atoms with Crippen molar-refractivity contribution >= 4 is 21.7 Å². The number of halogens is 1. The Morgan fingerprint density at radius 1 is 1.14 bits per heavy atom. The molecule has 0 bridgehead atoms. The van der Waals surface area contributed by atoms with Gasteiger partial charge in [-0.25, -0.2) is 9.97 Å². The zero-order valence-corrected chi connectivity index (χ0v) is 14.9. The van der Waals surface area contributed by atoms with E-state index in [4.69, 9.17) is 14.7 Å². The second kappa shape index (κ2) is 7.54. The first-order chi connectivity index (χ1) is 10.2. The Balaban J connectivity index is 2.48. The maximum absolute atomic E-state index is 6.21. The minimum Gasteiger partial charge on any atom is -0.372 e. The monoisotopic (exact) mass is 355 g/mol. The second-order valence-corrected chi connectivity index (χ2v) is 6.39. The number of aryl methyl sites for hydroxylation is 1. The molecule has 118 valence electrons. The van der Waals surface area contributed by atoms with E-state index in [1.54, 1.807) is 0 Å². The van der Waals surface area contributed by atoms with Crippen LogP contribution in [-0.4, -0.2) is 23.6 Å². The number of hydrogen-bond acceptors (Lipinski definition) is 4. The van der Waals surface area contributed by atoms with Gasteiger partial charge < -0.3 is 10.1 Å². The lowest BCUT2D eigenvalue weighted by molar-refractivity contribution is -0.0625. The van der Waals surface area contributed by atoms with E-state index in [1.165, 1.54) is 25.7 Å². The van der Waals surface area contributed by atoms with Crippen LogP contribution < -0.4 is 5.32 Å². The number of nitrogens with one attached hydrogen (secondary N) is 1. The molecule has 0 saturated heterocycles. The summed E-state index contributed by atoms with van der Waals surface area (Å²) in [5.74, 6) is 1.72. The quantitative estimate of drug-likeness (QED) is 0.793. The second-order valence-electron chi connectivity index (χ2n) is 5.60. The third kappa shape index (κ3) is 3.57. The fourth-order valence-corrected chi connectivity index (χ4v) is 3.76. The van der Waals surface area contributed by atoms with Crippen LogP contribution in [0, 0.1) is 0 Å². The highest BCUT2D eigenvalue weighted by molar-refractivity contribution is 9.10. The van der Waals surface area contributed by atoms with Gasteiger partial charge in [0.05, 0.1) is 10.2 Å². The van der Waals surface area contributed by atoms with E-state index in [2.05, 4.69) is 35.1 Å². The molecule has 1 saturated carbocycles. The van der Waals surface area contributed by atoms with E-state index >= 15 is 0 Å². The van der Waals surface area contributed by atoms with Gasteiger partial charge in [-0.15, -0.1) is 0 Å². The zero-order chi connectivity index (χ0) is 15.3. The summed E-state index contributed by atoms with van der Waals surface area (Å²) in [5, 5.41) is 3.17. The molecule has 1 aromatic rings. The Morgan fingerprint density at radius 3 is 2.33 bits per heavy atom. The van der Waals surface area contributed by atoms with E-state index in [1.807, 2.05) is 7.05 Å². The summed E-state index contributed by atoms with van der Waals surface area (Å²) in [4.78, 5) is 9.59. The average Bonchev–Trinajstić information content (AvgIpc) is 2.74. The predicted molar refractivity (Wildman–Crippen MR) is 89.7 cm³/mol. The third-order valence-electron chi connectivity index (χ3n) is 4.23. The van der Waals surface area contributed by atoms with Crippen LogP contribution in [0.25, 0.3) is 0 Å². The van der Waals surface area contributed by atoms with E-state index in [0.717, 1.165) is 41.1 Å². The van der Waals surface area contributed by atoms with Gasteiger partial charge in [-0.1, -0.05) is 32.6 Å². The van der Waals surface area contributed by atoms with Gasteiger partial charge in [0.1, 0.15) is 11.4 Å². The molecular weight excluding hydrogens is 330 g/mol. The van der Waals surface area contributed by atoms with Gasteiger partial charge in [0, 0.05) is 13.7 Å². The molecule has 0 aromatic carbocycles. The van der Waals surface area contributed by atoms with Crippen LogP contribution in [0.5, 0.6) is 0 Å². The number of rotatable bonds is 5. The summed E-state index contributed by atoms with van der Waals surface area (Å²) in [6.07, 6.45) is 7.87. The van der Waals surface area contributed by atoms with Crippen LogP contribution in [0.15, 0.2) is 4.47 Å². The number of aromatic nitrogens is 2. The van der Waals surface area contributed by atoms with Gasteiger partial charge in [0.2, 0.25) is 0 Å². The lowest BCUT2D eigenvalue weighted by Gasteiger charge is -2.32.